The van der Waals surface area contributed by atoms with Crippen LogP contribution in [-0.4, -0.2) is 41.5 Å². The zero-order valence-electron chi connectivity index (χ0n) is 10.3. The second-order valence-electron chi connectivity index (χ2n) is 4.44. The number of aromatic nitrogens is 1. The van der Waals surface area contributed by atoms with Gasteiger partial charge < -0.3 is 11.1 Å². The van der Waals surface area contributed by atoms with Gasteiger partial charge in [0.2, 0.25) is 5.91 Å². The van der Waals surface area contributed by atoms with Gasteiger partial charge in [0.25, 0.3) is 0 Å². The van der Waals surface area contributed by atoms with Gasteiger partial charge >= 0.3 is 0 Å². The first-order valence-corrected chi connectivity index (χ1v) is 5.97. The molecule has 2 unspecified atom stereocenters. The molecule has 0 saturated carbocycles. The number of nitrogens with two attached hydrogens (primary N) is 1. The van der Waals surface area contributed by atoms with Gasteiger partial charge in [-0.05, 0) is 19.1 Å². The Labute approximate surface area is 105 Å². The molecule has 3 N–H and O–H groups in total. The first-order chi connectivity index (χ1) is 8.59. The molecular weight excluding hydrogens is 235 g/mol. The molecule has 98 valence electrons. The number of amides is 1. The largest absolute Gasteiger partial charge is 0.368 e. The summed E-state index contributed by atoms with van der Waals surface area (Å²) in [5.74, 6) is -0.714. The van der Waals surface area contributed by atoms with Gasteiger partial charge in [-0.2, -0.15) is 0 Å². The molecule has 0 aromatic carbocycles. The maximum atomic E-state index is 12.8. The van der Waals surface area contributed by atoms with Crippen LogP contribution in [0.5, 0.6) is 0 Å². The molecule has 1 aliphatic heterocycles. The van der Waals surface area contributed by atoms with E-state index in [4.69, 9.17) is 5.73 Å². The predicted molar refractivity (Wildman–Crippen MR) is 65.2 cm³/mol. The first kappa shape index (κ1) is 12.9. The summed E-state index contributed by atoms with van der Waals surface area (Å²) in [4.78, 5) is 17.5. The van der Waals surface area contributed by atoms with Crippen LogP contribution in [-0.2, 0) is 4.79 Å². The van der Waals surface area contributed by atoms with E-state index in [2.05, 4.69) is 10.3 Å². The number of hydrogen-bond acceptors (Lipinski definition) is 4. The van der Waals surface area contributed by atoms with Crippen molar-refractivity contribution in [3.05, 3.63) is 29.8 Å². The molecule has 1 aromatic heterocycles. The van der Waals surface area contributed by atoms with Crippen LogP contribution in [0, 0.1) is 5.82 Å². The third-order valence-electron chi connectivity index (χ3n) is 3.29. The molecule has 18 heavy (non-hydrogen) atoms. The summed E-state index contributed by atoms with van der Waals surface area (Å²) in [5.41, 5.74) is 6.14. The van der Waals surface area contributed by atoms with Crippen LogP contribution in [0.1, 0.15) is 18.7 Å². The molecule has 6 heteroatoms. The highest BCUT2D eigenvalue weighted by Gasteiger charge is 2.31. The Bertz CT molecular complexity index is 423. The molecule has 1 amide bonds. The lowest BCUT2D eigenvalue weighted by Gasteiger charge is -2.38. The van der Waals surface area contributed by atoms with Crippen molar-refractivity contribution >= 4 is 5.91 Å². The number of nitrogens with zero attached hydrogens (tertiary/aromatic N) is 2. The van der Waals surface area contributed by atoms with E-state index in [1.54, 1.807) is 6.07 Å². The lowest BCUT2D eigenvalue weighted by atomic mass is 10.1. The van der Waals surface area contributed by atoms with E-state index in [0.29, 0.717) is 13.1 Å². The van der Waals surface area contributed by atoms with Crippen LogP contribution in [0.25, 0.3) is 0 Å². The van der Waals surface area contributed by atoms with Crippen molar-refractivity contribution in [2.24, 2.45) is 5.73 Å². The fourth-order valence-corrected chi connectivity index (χ4v) is 2.25. The van der Waals surface area contributed by atoms with Gasteiger partial charge in [0, 0.05) is 19.6 Å². The average molecular weight is 252 g/mol. The smallest absolute Gasteiger partial charge is 0.236 e. The second kappa shape index (κ2) is 5.41. The van der Waals surface area contributed by atoms with Gasteiger partial charge in [-0.1, -0.05) is 0 Å². The summed E-state index contributed by atoms with van der Waals surface area (Å²) in [5, 5.41) is 3.14. The van der Waals surface area contributed by atoms with Gasteiger partial charge in [0.15, 0.2) is 0 Å². The van der Waals surface area contributed by atoms with E-state index in [9.17, 15) is 9.18 Å². The fraction of sp³-hybridized carbons (Fsp3) is 0.500. The van der Waals surface area contributed by atoms with Crippen LogP contribution >= 0.6 is 0 Å². The number of carbonyl (C=O) groups is 1. The molecule has 0 spiro atoms. The zero-order chi connectivity index (χ0) is 13.1. The van der Waals surface area contributed by atoms with Crippen molar-refractivity contribution < 1.29 is 9.18 Å². The number of carbonyl (C=O) groups excluding carboxylic acids is 1. The van der Waals surface area contributed by atoms with Gasteiger partial charge in [-0.15, -0.1) is 0 Å². The molecule has 1 fully saturated rings. The molecule has 1 aliphatic rings. The number of halogens is 1. The molecule has 2 atom stereocenters. The highest BCUT2D eigenvalue weighted by atomic mass is 19.1. The van der Waals surface area contributed by atoms with Crippen molar-refractivity contribution in [3.63, 3.8) is 0 Å². The van der Waals surface area contributed by atoms with Crippen LogP contribution in [0.3, 0.4) is 0 Å². The summed E-state index contributed by atoms with van der Waals surface area (Å²) in [7, 11) is 0. The molecule has 5 nitrogen and oxygen atoms in total. The summed E-state index contributed by atoms with van der Waals surface area (Å²) in [6.07, 6.45) is 1.19. The fourth-order valence-electron chi connectivity index (χ4n) is 2.25. The molecule has 2 rings (SSSR count). The predicted octanol–water partition coefficient (Wildman–Crippen LogP) is 0.0408. The molecule has 0 radical (unpaired) electrons. The number of primary amides is 1. The van der Waals surface area contributed by atoms with E-state index < -0.39 is 0 Å². The van der Waals surface area contributed by atoms with Crippen LogP contribution in [0.2, 0.25) is 0 Å². The van der Waals surface area contributed by atoms with Gasteiger partial charge in [0.05, 0.1) is 17.9 Å². The van der Waals surface area contributed by atoms with Crippen molar-refractivity contribution in [3.8, 4) is 0 Å². The SMILES string of the molecule is CC(c1ccc(F)cn1)N1CCNCC1C(N)=O. The molecule has 1 saturated heterocycles. The van der Waals surface area contributed by atoms with Gasteiger partial charge in [-0.25, -0.2) is 4.39 Å². The van der Waals surface area contributed by atoms with Gasteiger partial charge in [0.1, 0.15) is 11.9 Å². The minimum atomic E-state index is -0.363. The first-order valence-electron chi connectivity index (χ1n) is 5.97. The van der Waals surface area contributed by atoms with Gasteiger partial charge in [-0.3, -0.25) is 14.7 Å². The lowest BCUT2D eigenvalue weighted by molar-refractivity contribution is -0.124. The topological polar surface area (TPSA) is 71.2 Å². The Hall–Kier alpha value is -1.53. The minimum Gasteiger partial charge on any atom is -0.368 e. The number of piperazine rings is 1. The summed E-state index contributed by atoms with van der Waals surface area (Å²) < 4.78 is 12.8. The van der Waals surface area contributed by atoms with Crippen molar-refractivity contribution in [1.29, 1.82) is 0 Å². The number of nitrogens with one attached hydrogen (secondary N) is 1. The average Bonchev–Trinajstić information content (AvgIpc) is 2.39. The number of pyridine rings is 1. The molecule has 0 aliphatic carbocycles. The maximum Gasteiger partial charge on any atom is 0.236 e. The monoisotopic (exact) mass is 252 g/mol. The van der Waals surface area contributed by atoms with Crippen LogP contribution in [0.4, 0.5) is 4.39 Å². The molecule has 1 aromatic rings. The Morgan fingerprint density at radius 3 is 3.06 bits per heavy atom. The Balaban J connectivity index is 2.17. The van der Waals surface area contributed by atoms with Crippen molar-refractivity contribution in [1.82, 2.24) is 15.2 Å². The number of hydrogen-bond donors (Lipinski definition) is 2. The van der Waals surface area contributed by atoms with Crippen LogP contribution in [0.15, 0.2) is 18.3 Å². The summed E-state index contributed by atoms with van der Waals surface area (Å²) in [6, 6.07) is 2.60. The molecular formula is C12H17FN4O. The quantitative estimate of drug-likeness (QED) is 0.797. The standard InChI is InChI=1S/C12H17FN4O/c1-8(10-3-2-9(13)6-16-10)17-5-4-15-7-11(17)12(14)18/h2-3,6,8,11,15H,4-5,7H2,1H3,(H2,14,18). The third kappa shape index (κ3) is 2.65. The van der Waals surface area contributed by atoms with E-state index in [-0.39, 0.29) is 23.8 Å². The Kier molecular flexibility index (Phi) is 3.88. The zero-order valence-corrected chi connectivity index (χ0v) is 10.3. The second-order valence-corrected chi connectivity index (χ2v) is 4.44. The number of rotatable bonds is 3. The van der Waals surface area contributed by atoms with Crippen molar-refractivity contribution in [2.45, 2.75) is 19.0 Å². The van der Waals surface area contributed by atoms with E-state index in [0.717, 1.165) is 12.2 Å². The van der Waals surface area contributed by atoms with E-state index >= 15 is 0 Å². The van der Waals surface area contributed by atoms with Crippen molar-refractivity contribution in [2.75, 3.05) is 19.6 Å². The highest BCUT2D eigenvalue weighted by Crippen LogP contribution is 2.21. The minimum absolute atomic E-state index is 0.0646. The maximum absolute atomic E-state index is 12.8. The van der Waals surface area contributed by atoms with Crippen LogP contribution < -0.4 is 11.1 Å². The lowest BCUT2D eigenvalue weighted by Crippen LogP contribution is -2.57. The third-order valence-corrected chi connectivity index (χ3v) is 3.29. The molecule has 0 bridgehead atoms. The Morgan fingerprint density at radius 1 is 1.67 bits per heavy atom. The summed E-state index contributed by atoms with van der Waals surface area (Å²) >= 11 is 0. The highest BCUT2D eigenvalue weighted by molar-refractivity contribution is 5.80. The summed E-state index contributed by atoms with van der Waals surface area (Å²) in [6.45, 7) is 4.01. The normalized spacial score (nSPS) is 22.7. The Morgan fingerprint density at radius 2 is 2.44 bits per heavy atom. The molecule has 2 heterocycles. The van der Waals surface area contributed by atoms with E-state index in [1.807, 2.05) is 11.8 Å². The van der Waals surface area contributed by atoms with E-state index in [1.165, 1.54) is 12.3 Å².